The molecule has 1 amide bonds. The Hall–Kier alpha value is -0.320. The van der Waals surface area contributed by atoms with Crippen LogP contribution in [0.3, 0.4) is 0 Å². The van der Waals surface area contributed by atoms with Crippen LogP contribution in [0.2, 0.25) is 0 Å². The van der Waals surface area contributed by atoms with Gasteiger partial charge in [0.1, 0.15) is 0 Å². The van der Waals surface area contributed by atoms with Crippen LogP contribution in [0.15, 0.2) is 0 Å². The quantitative estimate of drug-likeness (QED) is 0.845. The van der Waals surface area contributed by atoms with Gasteiger partial charge in [-0.15, -0.1) is 12.4 Å². The summed E-state index contributed by atoms with van der Waals surface area (Å²) in [6.45, 7) is 11.6. The highest BCUT2D eigenvalue weighted by Crippen LogP contribution is 2.23. The molecule has 112 valence electrons. The topological polar surface area (TPSA) is 35.6 Å². The zero-order valence-corrected chi connectivity index (χ0v) is 13.0. The largest absolute Gasteiger partial charge is 0.340 e. The summed E-state index contributed by atoms with van der Waals surface area (Å²) in [5.74, 6) is 1.95. The van der Waals surface area contributed by atoms with Crippen molar-refractivity contribution < 1.29 is 4.79 Å². The molecule has 19 heavy (non-hydrogen) atoms. The summed E-state index contributed by atoms with van der Waals surface area (Å²) in [6, 6.07) is 0. The van der Waals surface area contributed by atoms with E-state index in [1.165, 1.54) is 19.5 Å². The summed E-state index contributed by atoms with van der Waals surface area (Å²) in [7, 11) is 0. The van der Waals surface area contributed by atoms with Crippen LogP contribution in [0.5, 0.6) is 0 Å². The molecular weight excluding hydrogens is 262 g/mol. The van der Waals surface area contributed by atoms with E-state index in [1.54, 1.807) is 0 Å². The Morgan fingerprint density at radius 2 is 1.95 bits per heavy atom. The smallest absolute Gasteiger partial charge is 0.223 e. The number of hydrogen-bond acceptors (Lipinski definition) is 3. The van der Waals surface area contributed by atoms with Gasteiger partial charge in [0.05, 0.1) is 0 Å². The third-order valence-electron chi connectivity index (χ3n) is 4.36. The molecule has 0 saturated carbocycles. The van der Waals surface area contributed by atoms with Gasteiger partial charge in [-0.05, 0) is 24.8 Å². The predicted molar refractivity (Wildman–Crippen MR) is 80.7 cm³/mol. The van der Waals surface area contributed by atoms with Crippen LogP contribution in [0.25, 0.3) is 0 Å². The van der Waals surface area contributed by atoms with E-state index in [-0.39, 0.29) is 12.4 Å². The molecule has 2 aliphatic rings. The van der Waals surface area contributed by atoms with Crippen molar-refractivity contribution in [2.24, 2.45) is 11.8 Å². The molecule has 0 aliphatic carbocycles. The molecule has 2 saturated heterocycles. The highest BCUT2D eigenvalue weighted by molar-refractivity contribution is 5.85. The van der Waals surface area contributed by atoms with Crippen molar-refractivity contribution in [3.8, 4) is 0 Å². The molecule has 0 aromatic rings. The summed E-state index contributed by atoms with van der Waals surface area (Å²) in [4.78, 5) is 16.5. The molecule has 2 heterocycles. The normalized spacial score (nSPS) is 24.6. The monoisotopic (exact) mass is 289 g/mol. The first-order chi connectivity index (χ1) is 8.66. The minimum Gasteiger partial charge on any atom is -0.340 e. The van der Waals surface area contributed by atoms with Crippen LogP contribution in [-0.4, -0.2) is 61.5 Å². The van der Waals surface area contributed by atoms with Crippen molar-refractivity contribution in [2.45, 2.75) is 26.7 Å². The minimum atomic E-state index is 0. The third kappa shape index (κ3) is 4.93. The lowest BCUT2D eigenvalue weighted by Gasteiger charge is -2.28. The molecule has 0 aromatic carbocycles. The first kappa shape index (κ1) is 16.7. The number of nitrogens with one attached hydrogen (secondary N) is 1. The van der Waals surface area contributed by atoms with Crippen LogP contribution in [0.4, 0.5) is 0 Å². The van der Waals surface area contributed by atoms with Gasteiger partial charge in [0.2, 0.25) is 5.91 Å². The number of rotatable bonds is 4. The lowest BCUT2D eigenvalue weighted by atomic mass is 9.95. The van der Waals surface area contributed by atoms with Gasteiger partial charge in [-0.2, -0.15) is 0 Å². The van der Waals surface area contributed by atoms with E-state index >= 15 is 0 Å². The number of hydrogen-bond donors (Lipinski definition) is 1. The molecule has 1 atom stereocenters. The lowest BCUT2D eigenvalue weighted by Crippen LogP contribution is -2.47. The van der Waals surface area contributed by atoms with E-state index < -0.39 is 0 Å². The summed E-state index contributed by atoms with van der Waals surface area (Å²) in [6.07, 6.45) is 2.00. The molecule has 1 unspecified atom stereocenters. The maximum atomic E-state index is 12.0. The van der Waals surface area contributed by atoms with Gasteiger partial charge in [0.15, 0.2) is 0 Å². The Bertz CT molecular complexity index is 280. The molecule has 0 bridgehead atoms. The Morgan fingerprint density at radius 1 is 1.26 bits per heavy atom. The molecule has 0 radical (unpaired) electrons. The zero-order chi connectivity index (χ0) is 13.0. The van der Waals surface area contributed by atoms with Crippen molar-refractivity contribution in [3.05, 3.63) is 0 Å². The zero-order valence-electron chi connectivity index (χ0n) is 12.2. The Balaban J connectivity index is 0.00000180. The Labute approximate surface area is 123 Å². The fraction of sp³-hybridized carbons (Fsp3) is 0.929. The number of halogens is 1. The van der Waals surface area contributed by atoms with Crippen LogP contribution in [0, 0.1) is 11.8 Å². The van der Waals surface area contributed by atoms with E-state index in [2.05, 4.69) is 24.1 Å². The summed E-state index contributed by atoms with van der Waals surface area (Å²) in [5.41, 5.74) is 0. The summed E-state index contributed by atoms with van der Waals surface area (Å²) >= 11 is 0. The molecular formula is C14H28ClN3O. The molecule has 2 rings (SSSR count). The maximum absolute atomic E-state index is 12.0. The maximum Gasteiger partial charge on any atom is 0.223 e. The van der Waals surface area contributed by atoms with Crippen molar-refractivity contribution >= 4 is 18.3 Å². The SMILES string of the molecule is CC(C)C1CCN(CCC(=O)N2CCNCC2)C1.Cl. The van der Waals surface area contributed by atoms with Crippen molar-refractivity contribution in [1.82, 2.24) is 15.1 Å². The molecule has 4 nitrogen and oxygen atoms in total. The number of carbonyl (C=O) groups excluding carboxylic acids is 1. The first-order valence-electron chi connectivity index (χ1n) is 7.37. The van der Waals surface area contributed by atoms with Crippen molar-refractivity contribution in [2.75, 3.05) is 45.8 Å². The summed E-state index contributed by atoms with van der Waals surface area (Å²) in [5, 5.41) is 3.28. The molecule has 2 fully saturated rings. The Morgan fingerprint density at radius 3 is 2.53 bits per heavy atom. The fourth-order valence-corrected chi connectivity index (χ4v) is 2.94. The molecule has 2 aliphatic heterocycles. The van der Waals surface area contributed by atoms with Crippen molar-refractivity contribution in [1.29, 1.82) is 0 Å². The standard InChI is InChI=1S/C14H27N3O.ClH/c1-12(2)13-3-7-16(11-13)8-4-14(18)17-9-5-15-6-10-17;/h12-13,15H,3-11H2,1-2H3;1H. The minimum absolute atomic E-state index is 0. The predicted octanol–water partition coefficient (Wildman–Crippen LogP) is 1.21. The van der Waals surface area contributed by atoms with Gasteiger partial charge in [0, 0.05) is 45.7 Å². The highest BCUT2D eigenvalue weighted by atomic mass is 35.5. The average Bonchev–Trinajstić information content (AvgIpc) is 2.86. The number of nitrogens with zero attached hydrogens (tertiary/aromatic N) is 2. The van der Waals surface area contributed by atoms with Crippen molar-refractivity contribution in [3.63, 3.8) is 0 Å². The summed E-state index contributed by atoms with van der Waals surface area (Å²) < 4.78 is 0. The van der Waals surface area contributed by atoms with Crippen LogP contribution >= 0.6 is 12.4 Å². The second kappa shape index (κ2) is 8.08. The second-order valence-corrected chi connectivity index (χ2v) is 5.97. The van der Waals surface area contributed by atoms with Gasteiger partial charge in [-0.1, -0.05) is 13.8 Å². The van der Waals surface area contributed by atoms with Gasteiger partial charge in [-0.25, -0.2) is 0 Å². The number of amides is 1. The van der Waals surface area contributed by atoms with E-state index in [0.717, 1.165) is 44.6 Å². The van der Waals surface area contributed by atoms with Gasteiger partial charge in [-0.3, -0.25) is 4.79 Å². The first-order valence-corrected chi connectivity index (χ1v) is 7.37. The van der Waals surface area contributed by atoms with E-state index in [0.29, 0.717) is 12.3 Å². The number of carbonyl (C=O) groups is 1. The fourth-order valence-electron chi connectivity index (χ4n) is 2.94. The second-order valence-electron chi connectivity index (χ2n) is 5.97. The van der Waals surface area contributed by atoms with Crippen LogP contribution in [0.1, 0.15) is 26.7 Å². The van der Waals surface area contributed by atoms with E-state index in [9.17, 15) is 4.79 Å². The molecule has 5 heteroatoms. The number of likely N-dealkylation sites (tertiary alicyclic amines) is 1. The highest BCUT2D eigenvalue weighted by Gasteiger charge is 2.25. The van der Waals surface area contributed by atoms with Crippen LogP contribution in [-0.2, 0) is 4.79 Å². The van der Waals surface area contributed by atoms with Gasteiger partial charge >= 0.3 is 0 Å². The van der Waals surface area contributed by atoms with E-state index in [4.69, 9.17) is 0 Å². The Kier molecular flexibility index (Phi) is 7.11. The average molecular weight is 290 g/mol. The van der Waals surface area contributed by atoms with Gasteiger partial charge in [0.25, 0.3) is 0 Å². The number of piperazine rings is 1. The van der Waals surface area contributed by atoms with E-state index in [1.807, 2.05) is 4.90 Å². The molecule has 0 aromatic heterocycles. The molecule has 1 N–H and O–H groups in total. The van der Waals surface area contributed by atoms with Gasteiger partial charge < -0.3 is 15.1 Å². The third-order valence-corrected chi connectivity index (χ3v) is 4.36. The molecule has 0 spiro atoms. The van der Waals surface area contributed by atoms with Crippen LogP contribution < -0.4 is 5.32 Å². The lowest BCUT2D eigenvalue weighted by molar-refractivity contribution is -0.132.